The number of nitrogens with zero attached hydrogens (tertiary/aromatic N) is 5. The van der Waals surface area contributed by atoms with Crippen molar-refractivity contribution in [1.82, 2.24) is 24.1 Å². The third kappa shape index (κ3) is 4.51. The fourth-order valence-electron chi connectivity index (χ4n) is 4.33. The van der Waals surface area contributed by atoms with Crippen molar-refractivity contribution < 1.29 is 19.1 Å². The fraction of sp³-hybridized carbons (Fsp3) is 0.333. The molecule has 5 rings (SSSR count). The summed E-state index contributed by atoms with van der Waals surface area (Å²) in [6, 6.07) is 13.0. The monoisotopic (exact) mass is 494 g/mol. The number of para-hydroxylation sites is 2. The van der Waals surface area contributed by atoms with Crippen LogP contribution in [0.4, 0.5) is 5.69 Å². The smallest absolute Gasteiger partial charge is 0.242 e. The summed E-state index contributed by atoms with van der Waals surface area (Å²) in [7, 11) is 3.11. The van der Waals surface area contributed by atoms with E-state index in [0.29, 0.717) is 28.1 Å². The number of carbonyl (C=O) groups excluding carboxylic acids is 2. The zero-order valence-electron chi connectivity index (χ0n) is 19.6. The fourth-order valence-corrected chi connectivity index (χ4v) is 5.07. The molecule has 3 heterocycles. The van der Waals surface area contributed by atoms with Gasteiger partial charge in [-0.1, -0.05) is 23.9 Å². The molecular weight excluding hydrogens is 468 g/mol. The zero-order chi connectivity index (χ0) is 24.4. The first-order chi connectivity index (χ1) is 17.1. The maximum absolute atomic E-state index is 12.9. The highest BCUT2D eigenvalue weighted by atomic mass is 32.2. The Hall–Kier alpha value is -3.73. The van der Waals surface area contributed by atoms with Crippen LogP contribution in [0.2, 0.25) is 0 Å². The second-order valence-corrected chi connectivity index (χ2v) is 9.13. The van der Waals surface area contributed by atoms with Crippen LogP contribution >= 0.6 is 11.8 Å². The Labute approximate surface area is 206 Å². The molecule has 35 heavy (non-hydrogen) atoms. The van der Waals surface area contributed by atoms with E-state index < -0.39 is 0 Å². The quantitative estimate of drug-likeness (QED) is 0.376. The van der Waals surface area contributed by atoms with E-state index in [1.165, 1.54) is 11.8 Å². The largest absolute Gasteiger partial charge is 0.493 e. The number of nitrogens with one attached hydrogen (secondary N) is 1. The zero-order valence-corrected chi connectivity index (χ0v) is 20.4. The number of benzene rings is 2. The van der Waals surface area contributed by atoms with Gasteiger partial charge in [-0.05, 0) is 37.1 Å². The van der Waals surface area contributed by atoms with Crippen LogP contribution in [0.1, 0.15) is 12.8 Å². The maximum Gasteiger partial charge on any atom is 0.242 e. The summed E-state index contributed by atoms with van der Waals surface area (Å²) in [5, 5.41) is 12.1. The van der Waals surface area contributed by atoms with Gasteiger partial charge in [0.2, 0.25) is 17.6 Å². The molecular formula is C24H26N6O4S. The molecule has 1 fully saturated rings. The van der Waals surface area contributed by atoms with Crippen LogP contribution in [0.5, 0.6) is 11.5 Å². The minimum atomic E-state index is -0.188. The lowest BCUT2D eigenvalue weighted by Crippen LogP contribution is -2.31. The number of ether oxygens (including phenoxy) is 2. The van der Waals surface area contributed by atoms with Crippen molar-refractivity contribution in [2.24, 2.45) is 0 Å². The number of methoxy groups -OCH3 is 2. The average molecular weight is 495 g/mol. The van der Waals surface area contributed by atoms with E-state index in [9.17, 15) is 9.59 Å². The number of hydrogen-bond acceptors (Lipinski definition) is 7. The molecule has 1 aliphatic heterocycles. The molecule has 4 aromatic rings. The maximum atomic E-state index is 12.9. The number of hydrogen-bond donors (Lipinski definition) is 1. The second kappa shape index (κ2) is 9.87. The minimum absolute atomic E-state index is 0.0808. The van der Waals surface area contributed by atoms with Gasteiger partial charge in [0.05, 0.1) is 31.0 Å². The SMILES string of the molecule is COc1ccc(NC(=O)CSc2nnc3n(CC(=O)N4CCCC4)c4ccccc4n23)cc1OC. The number of thioether (sulfide) groups is 1. The van der Waals surface area contributed by atoms with Crippen LogP contribution in [0, 0.1) is 0 Å². The molecule has 2 amide bonds. The van der Waals surface area contributed by atoms with E-state index in [-0.39, 0.29) is 24.1 Å². The first kappa shape index (κ1) is 23.0. The molecule has 1 aliphatic rings. The number of amides is 2. The number of anilines is 1. The topological polar surface area (TPSA) is 103 Å². The second-order valence-electron chi connectivity index (χ2n) is 8.19. The Morgan fingerprint density at radius 1 is 1.00 bits per heavy atom. The van der Waals surface area contributed by atoms with Gasteiger partial charge in [0.25, 0.3) is 0 Å². The van der Waals surface area contributed by atoms with Crippen LogP contribution in [-0.2, 0) is 16.1 Å². The Bertz CT molecular complexity index is 1390. The Morgan fingerprint density at radius 3 is 2.49 bits per heavy atom. The van der Waals surface area contributed by atoms with Crippen molar-refractivity contribution in [3.05, 3.63) is 42.5 Å². The number of rotatable bonds is 8. The first-order valence-electron chi connectivity index (χ1n) is 11.3. The summed E-state index contributed by atoms with van der Waals surface area (Å²) >= 11 is 1.29. The van der Waals surface area contributed by atoms with Gasteiger partial charge >= 0.3 is 0 Å². The molecule has 10 nitrogen and oxygen atoms in total. The van der Waals surface area contributed by atoms with E-state index >= 15 is 0 Å². The van der Waals surface area contributed by atoms with Gasteiger partial charge in [0.15, 0.2) is 16.7 Å². The van der Waals surface area contributed by atoms with E-state index in [0.717, 1.165) is 37.0 Å². The normalized spacial score (nSPS) is 13.5. The molecule has 2 aromatic heterocycles. The van der Waals surface area contributed by atoms with Crippen molar-refractivity contribution in [2.45, 2.75) is 24.5 Å². The number of imidazole rings is 1. The number of likely N-dealkylation sites (tertiary alicyclic amines) is 1. The molecule has 0 spiro atoms. The van der Waals surface area contributed by atoms with Crippen LogP contribution in [0.3, 0.4) is 0 Å². The molecule has 0 saturated carbocycles. The molecule has 0 bridgehead atoms. The molecule has 1 saturated heterocycles. The van der Waals surface area contributed by atoms with Crippen molar-refractivity contribution in [2.75, 3.05) is 38.4 Å². The predicted octanol–water partition coefficient (Wildman–Crippen LogP) is 3.05. The molecule has 0 aliphatic carbocycles. The molecule has 1 N–H and O–H groups in total. The number of aromatic nitrogens is 4. The lowest BCUT2D eigenvalue weighted by molar-refractivity contribution is -0.130. The van der Waals surface area contributed by atoms with E-state index in [1.54, 1.807) is 32.4 Å². The Morgan fingerprint density at radius 2 is 1.74 bits per heavy atom. The summed E-state index contributed by atoms with van der Waals surface area (Å²) in [5.74, 6) is 1.74. The van der Waals surface area contributed by atoms with E-state index in [2.05, 4.69) is 15.5 Å². The van der Waals surface area contributed by atoms with Gasteiger partial charge in [-0.15, -0.1) is 10.2 Å². The lowest BCUT2D eigenvalue weighted by atomic mass is 10.2. The number of carbonyl (C=O) groups is 2. The molecule has 0 unspecified atom stereocenters. The van der Waals surface area contributed by atoms with Crippen LogP contribution in [0.15, 0.2) is 47.6 Å². The van der Waals surface area contributed by atoms with Crippen molar-refractivity contribution >= 4 is 46.1 Å². The molecule has 11 heteroatoms. The van der Waals surface area contributed by atoms with Crippen LogP contribution in [0.25, 0.3) is 16.8 Å². The summed E-state index contributed by atoms with van der Waals surface area (Å²) in [5.41, 5.74) is 2.41. The summed E-state index contributed by atoms with van der Waals surface area (Å²) < 4.78 is 14.3. The molecule has 0 atom stereocenters. The highest BCUT2D eigenvalue weighted by Gasteiger charge is 2.23. The van der Waals surface area contributed by atoms with Crippen molar-refractivity contribution in [3.63, 3.8) is 0 Å². The molecule has 182 valence electrons. The van der Waals surface area contributed by atoms with E-state index in [1.807, 2.05) is 38.1 Å². The average Bonchev–Trinajstić information content (AvgIpc) is 3.61. The highest BCUT2D eigenvalue weighted by Crippen LogP contribution is 2.30. The van der Waals surface area contributed by atoms with Gasteiger partial charge in [0, 0.05) is 24.8 Å². The predicted molar refractivity (Wildman–Crippen MR) is 133 cm³/mol. The van der Waals surface area contributed by atoms with Crippen LogP contribution in [-0.4, -0.2) is 68.9 Å². The third-order valence-electron chi connectivity index (χ3n) is 6.02. The van der Waals surface area contributed by atoms with Crippen LogP contribution < -0.4 is 14.8 Å². The summed E-state index contributed by atoms with van der Waals surface area (Å²) in [4.78, 5) is 27.4. The summed E-state index contributed by atoms with van der Waals surface area (Å²) in [6.45, 7) is 1.81. The molecule has 2 aromatic carbocycles. The van der Waals surface area contributed by atoms with Gasteiger partial charge < -0.3 is 19.7 Å². The van der Waals surface area contributed by atoms with Crippen molar-refractivity contribution in [3.8, 4) is 11.5 Å². The van der Waals surface area contributed by atoms with Gasteiger partial charge in [0.1, 0.15) is 6.54 Å². The Kier molecular flexibility index (Phi) is 6.49. The number of fused-ring (bicyclic) bond motifs is 3. The van der Waals surface area contributed by atoms with E-state index in [4.69, 9.17) is 9.47 Å². The first-order valence-corrected chi connectivity index (χ1v) is 12.3. The Balaban J connectivity index is 1.35. The molecule has 0 radical (unpaired) electrons. The lowest BCUT2D eigenvalue weighted by Gasteiger charge is -2.15. The van der Waals surface area contributed by atoms with Crippen molar-refractivity contribution in [1.29, 1.82) is 0 Å². The highest BCUT2D eigenvalue weighted by molar-refractivity contribution is 7.99. The van der Waals surface area contributed by atoms with Gasteiger partial charge in [-0.25, -0.2) is 0 Å². The minimum Gasteiger partial charge on any atom is -0.493 e. The van der Waals surface area contributed by atoms with Gasteiger partial charge in [-0.2, -0.15) is 0 Å². The third-order valence-corrected chi connectivity index (χ3v) is 6.95. The summed E-state index contributed by atoms with van der Waals surface area (Å²) in [6.07, 6.45) is 2.09. The van der Waals surface area contributed by atoms with Gasteiger partial charge in [-0.3, -0.25) is 18.6 Å². The standard InChI is InChI=1S/C24H26N6O4S/c1-33-19-10-9-16(13-20(19)34-2)25-21(31)15-35-24-27-26-23-29(14-22(32)28-11-5-6-12-28)17-7-3-4-8-18(17)30(23)24/h3-4,7-10,13H,5-6,11-12,14-15H2,1-2H3,(H,25,31).